The highest BCUT2D eigenvalue weighted by molar-refractivity contribution is 7.18. The predicted octanol–water partition coefficient (Wildman–Crippen LogP) is 3.58. The van der Waals surface area contributed by atoms with Gasteiger partial charge >= 0.3 is 0 Å². The van der Waals surface area contributed by atoms with Crippen molar-refractivity contribution in [3.05, 3.63) is 30.3 Å². The van der Waals surface area contributed by atoms with E-state index >= 15 is 0 Å². The molecule has 2 aliphatic rings. The van der Waals surface area contributed by atoms with Gasteiger partial charge in [-0.2, -0.15) is 0 Å². The minimum absolute atomic E-state index is 0.380. The summed E-state index contributed by atoms with van der Waals surface area (Å²) >= 11 is 1.66. The standard InChI is InChI=1S/C18H23N3OS/c1-2-18(22)10-6-9-14-11-21(12-15(14)18)17-20-19-16(23-17)13-7-4-3-5-8-13/h3-5,7-8,14-15,22H,2,6,9-12H2,1H3/t14-,15+,18-/m0/s1. The summed E-state index contributed by atoms with van der Waals surface area (Å²) < 4.78 is 0. The van der Waals surface area contributed by atoms with Crippen molar-refractivity contribution >= 4 is 16.5 Å². The lowest BCUT2D eigenvalue weighted by Gasteiger charge is -2.40. The minimum atomic E-state index is -0.482. The molecule has 23 heavy (non-hydrogen) atoms. The molecule has 1 aliphatic heterocycles. The van der Waals surface area contributed by atoms with Crippen molar-refractivity contribution in [2.24, 2.45) is 11.8 Å². The Labute approximate surface area is 141 Å². The molecular formula is C18H23N3OS. The SMILES string of the molecule is CC[C@]1(O)CCC[C@H]2CN(c3nnc(-c4ccccc4)s3)C[C@H]21. The number of aliphatic hydroxyl groups is 1. The molecule has 5 heteroatoms. The average molecular weight is 329 g/mol. The van der Waals surface area contributed by atoms with E-state index in [1.54, 1.807) is 11.3 Å². The first kappa shape index (κ1) is 15.1. The third-order valence-corrected chi connectivity index (χ3v) is 6.67. The van der Waals surface area contributed by atoms with E-state index in [1.807, 2.05) is 18.2 Å². The summed E-state index contributed by atoms with van der Waals surface area (Å²) in [4.78, 5) is 2.34. The summed E-state index contributed by atoms with van der Waals surface area (Å²) in [6.07, 6.45) is 4.18. The van der Waals surface area contributed by atoms with E-state index in [0.29, 0.717) is 11.8 Å². The molecule has 1 aliphatic carbocycles. The monoisotopic (exact) mass is 329 g/mol. The molecule has 0 unspecified atom stereocenters. The van der Waals surface area contributed by atoms with Crippen LogP contribution in [0.4, 0.5) is 5.13 Å². The maximum Gasteiger partial charge on any atom is 0.208 e. The van der Waals surface area contributed by atoms with Gasteiger partial charge in [-0.3, -0.25) is 0 Å². The lowest BCUT2D eigenvalue weighted by Crippen LogP contribution is -2.44. The van der Waals surface area contributed by atoms with Gasteiger partial charge in [0.2, 0.25) is 5.13 Å². The van der Waals surface area contributed by atoms with Gasteiger partial charge in [0.15, 0.2) is 0 Å². The van der Waals surface area contributed by atoms with Crippen LogP contribution in [0, 0.1) is 11.8 Å². The molecule has 1 aromatic heterocycles. The molecule has 0 amide bonds. The summed E-state index contributed by atoms with van der Waals surface area (Å²) in [5.74, 6) is 0.975. The number of hydrogen-bond acceptors (Lipinski definition) is 5. The Morgan fingerprint density at radius 2 is 2.09 bits per heavy atom. The van der Waals surface area contributed by atoms with Crippen LogP contribution in [-0.4, -0.2) is 34.0 Å². The van der Waals surface area contributed by atoms with Gasteiger partial charge in [-0.15, -0.1) is 10.2 Å². The van der Waals surface area contributed by atoms with Crippen LogP contribution in [0.25, 0.3) is 10.6 Å². The number of hydrogen-bond donors (Lipinski definition) is 1. The van der Waals surface area contributed by atoms with Gasteiger partial charge in [-0.25, -0.2) is 0 Å². The fourth-order valence-corrected chi connectivity index (χ4v) is 5.13. The maximum atomic E-state index is 10.9. The van der Waals surface area contributed by atoms with E-state index in [1.165, 1.54) is 6.42 Å². The summed E-state index contributed by atoms with van der Waals surface area (Å²) in [7, 11) is 0. The molecule has 2 aromatic rings. The summed E-state index contributed by atoms with van der Waals surface area (Å²) in [5, 5.41) is 21.7. The third kappa shape index (κ3) is 2.66. The normalized spacial score (nSPS) is 30.4. The van der Waals surface area contributed by atoms with E-state index < -0.39 is 5.60 Å². The molecule has 1 saturated heterocycles. The molecule has 122 valence electrons. The lowest BCUT2D eigenvalue weighted by molar-refractivity contribution is -0.0597. The molecule has 1 aromatic carbocycles. The molecule has 4 rings (SSSR count). The van der Waals surface area contributed by atoms with Crippen molar-refractivity contribution in [1.82, 2.24) is 10.2 Å². The number of benzene rings is 1. The average Bonchev–Trinajstić information content (AvgIpc) is 3.23. The highest BCUT2D eigenvalue weighted by atomic mass is 32.1. The van der Waals surface area contributed by atoms with Crippen molar-refractivity contribution < 1.29 is 5.11 Å². The quantitative estimate of drug-likeness (QED) is 0.935. The topological polar surface area (TPSA) is 49.2 Å². The summed E-state index contributed by atoms with van der Waals surface area (Å²) in [6.45, 7) is 4.04. The molecule has 1 saturated carbocycles. The minimum Gasteiger partial charge on any atom is -0.390 e. The molecule has 2 fully saturated rings. The van der Waals surface area contributed by atoms with Crippen molar-refractivity contribution in [3.8, 4) is 10.6 Å². The second-order valence-corrected chi connectivity index (χ2v) is 7.83. The van der Waals surface area contributed by atoms with Gasteiger partial charge in [0.05, 0.1) is 5.60 Å². The van der Waals surface area contributed by atoms with Gasteiger partial charge < -0.3 is 10.0 Å². The largest absolute Gasteiger partial charge is 0.390 e. The second kappa shape index (κ2) is 5.87. The second-order valence-electron chi connectivity index (χ2n) is 6.88. The van der Waals surface area contributed by atoms with Gasteiger partial charge in [0.1, 0.15) is 5.01 Å². The van der Waals surface area contributed by atoms with Crippen LogP contribution in [0.1, 0.15) is 32.6 Å². The smallest absolute Gasteiger partial charge is 0.208 e. The van der Waals surface area contributed by atoms with E-state index in [9.17, 15) is 5.11 Å². The molecule has 0 bridgehead atoms. The van der Waals surface area contributed by atoms with Crippen molar-refractivity contribution in [1.29, 1.82) is 0 Å². The Balaban J connectivity index is 1.55. The van der Waals surface area contributed by atoms with E-state index in [4.69, 9.17) is 0 Å². The Morgan fingerprint density at radius 3 is 2.87 bits per heavy atom. The fourth-order valence-electron chi connectivity index (χ4n) is 4.26. The molecule has 0 spiro atoms. The first-order valence-electron chi connectivity index (χ1n) is 8.56. The van der Waals surface area contributed by atoms with Gasteiger partial charge in [0, 0.05) is 24.6 Å². The molecule has 4 nitrogen and oxygen atoms in total. The van der Waals surface area contributed by atoms with E-state index in [0.717, 1.165) is 48.1 Å². The number of anilines is 1. The Hall–Kier alpha value is -1.46. The van der Waals surface area contributed by atoms with Crippen LogP contribution in [0.3, 0.4) is 0 Å². The lowest BCUT2D eigenvalue weighted by atomic mass is 9.69. The van der Waals surface area contributed by atoms with E-state index in [-0.39, 0.29) is 0 Å². The van der Waals surface area contributed by atoms with Crippen molar-refractivity contribution in [2.75, 3.05) is 18.0 Å². The van der Waals surface area contributed by atoms with Crippen molar-refractivity contribution in [2.45, 2.75) is 38.2 Å². The van der Waals surface area contributed by atoms with E-state index in [2.05, 4.69) is 34.2 Å². The summed E-state index contributed by atoms with van der Waals surface area (Å²) in [6, 6.07) is 10.2. The molecule has 2 heterocycles. The summed E-state index contributed by atoms with van der Waals surface area (Å²) in [5.41, 5.74) is 0.642. The maximum absolute atomic E-state index is 10.9. The predicted molar refractivity (Wildman–Crippen MR) is 93.6 cm³/mol. The van der Waals surface area contributed by atoms with Crippen molar-refractivity contribution in [3.63, 3.8) is 0 Å². The number of fused-ring (bicyclic) bond motifs is 1. The zero-order chi connectivity index (χ0) is 15.9. The molecule has 1 N–H and O–H groups in total. The van der Waals surface area contributed by atoms with Gasteiger partial charge in [0.25, 0.3) is 0 Å². The van der Waals surface area contributed by atoms with Gasteiger partial charge in [-0.05, 0) is 25.2 Å². The third-order valence-electron chi connectivity index (χ3n) is 5.63. The van der Waals surface area contributed by atoms with Crippen LogP contribution in [0.2, 0.25) is 0 Å². The number of rotatable bonds is 3. The van der Waals surface area contributed by atoms with Crippen LogP contribution in [0.15, 0.2) is 30.3 Å². The van der Waals surface area contributed by atoms with Crippen LogP contribution < -0.4 is 4.90 Å². The zero-order valence-electron chi connectivity index (χ0n) is 13.5. The first-order chi connectivity index (χ1) is 11.2. The van der Waals surface area contributed by atoms with Crippen LogP contribution >= 0.6 is 11.3 Å². The Kier molecular flexibility index (Phi) is 3.85. The van der Waals surface area contributed by atoms with Crippen LogP contribution in [0.5, 0.6) is 0 Å². The van der Waals surface area contributed by atoms with Crippen LogP contribution in [-0.2, 0) is 0 Å². The molecule has 3 atom stereocenters. The molecular weight excluding hydrogens is 306 g/mol. The fraction of sp³-hybridized carbons (Fsp3) is 0.556. The first-order valence-corrected chi connectivity index (χ1v) is 9.37. The number of nitrogens with zero attached hydrogens (tertiary/aromatic N) is 3. The Bertz CT molecular complexity index is 674. The highest BCUT2D eigenvalue weighted by Crippen LogP contribution is 2.45. The Morgan fingerprint density at radius 1 is 1.26 bits per heavy atom. The number of aromatic nitrogens is 2. The zero-order valence-corrected chi connectivity index (χ0v) is 14.3. The molecule has 0 radical (unpaired) electrons. The highest BCUT2D eigenvalue weighted by Gasteiger charge is 2.48. The van der Waals surface area contributed by atoms with Gasteiger partial charge in [-0.1, -0.05) is 55.0 Å².